The molecule has 0 amide bonds. The molecule has 1 aliphatic carbocycles. The van der Waals surface area contributed by atoms with Gasteiger partial charge in [0, 0.05) is 18.0 Å². The second kappa shape index (κ2) is 5.05. The average molecular weight is 294 g/mol. The number of thioether (sulfide) groups is 2. The highest BCUT2D eigenvalue weighted by Gasteiger charge is 2.41. The van der Waals surface area contributed by atoms with Crippen LogP contribution in [0.15, 0.2) is 21.1 Å². The van der Waals surface area contributed by atoms with Crippen LogP contribution in [0.4, 0.5) is 0 Å². The van der Waals surface area contributed by atoms with Crippen molar-refractivity contribution in [1.29, 1.82) is 0 Å². The zero-order valence-corrected chi connectivity index (χ0v) is 12.5. The Kier molecular flexibility index (Phi) is 3.23. The van der Waals surface area contributed by atoms with Crippen molar-refractivity contribution in [3.05, 3.63) is 11.1 Å². The summed E-state index contributed by atoms with van der Waals surface area (Å²) >= 11 is 3.64. The highest BCUT2D eigenvalue weighted by Crippen LogP contribution is 2.41. The second-order valence-electron chi connectivity index (χ2n) is 5.33. The molecule has 3 aliphatic heterocycles. The van der Waals surface area contributed by atoms with Crippen molar-refractivity contribution in [1.82, 2.24) is 10.2 Å². The molecule has 0 saturated heterocycles. The minimum atomic E-state index is 0.562. The van der Waals surface area contributed by atoms with Gasteiger partial charge in [-0.05, 0) is 18.2 Å². The lowest BCUT2D eigenvalue weighted by molar-refractivity contribution is 0.285. The number of fused-ring (bicyclic) bond motifs is 3. The van der Waals surface area contributed by atoms with Crippen LogP contribution in [-0.4, -0.2) is 46.2 Å². The van der Waals surface area contributed by atoms with Gasteiger partial charge in [0.05, 0.1) is 18.6 Å². The Morgan fingerprint density at radius 2 is 2.37 bits per heavy atom. The molecule has 0 unspecified atom stereocenters. The first-order chi connectivity index (χ1) is 9.42. The van der Waals surface area contributed by atoms with Crippen molar-refractivity contribution >= 4 is 33.9 Å². The van der Waals surface area contributed by atoms with Crippen LogP contribution in [0.3, 0.4) is 0 Å². The number of nitrogens with zero attached hydrogens (tertiary/aromatic N) is 3. The lowest BCUT2D eigenvalue weighted by atomic mass is 9.91. The maximum Gasteiger partial charge on any atom is 0.168 e. The van der Waals surface area contributed by atoms with Crippen LogP contribution < -0.4 is 5.32 Å². The third-order valence-corrected chi connectivity index (χ3v) is 6.01. The van der Waals surface area contributed by atoms with Crippen molar-refractivity contribution in [2.75, 3.05) is 18.8 Å². The number of hydrogen-bond acceptors (Lipinski definition) is 6. The molecular weight excluding hydrogens is 276 g/mol. The predicted molar refractivity (Wildman–Crippen MR) is 83.8 cm³/mol. The SMILES string of the molecule is C1=C(CSC2=NCCN2)N2C(=N[C@@H]3CCCC[C@@H]32)S1. The standard InChI is InChI=1S/C13H18N4S2/c1-2-4-11-10(3-1)16-13-17(11)9(8-19-13)7-18-12-14-5-6-15-12/h8,10-11H,1-7H2,(H,14,15)/t10-,11+/m1/s1. The zero-order chi connectivity index (χ0) is 12.7. The molecule has 19 heavy (non-hydrogen) atoms. The number of rotatable bonds is 2. The zero-order valence-electron chi connectivity index (χ0n) is 10.8. The minimum Gasteiger partial charge on any atom is -0.363 e. The van der Waals surface area contributed by atoms with Crippen LogP contribution in [-0.2, 0) is 0 Å². The van der Waals surface area contributed by atoms with Gasteiger partial charge >= 0.3 is 0 Å². The van der Waals surface area contributed by atoms with Gasteiger partial charge in [0.2, 0.25) is 0 Å². The molecule has 0 aromatic heterocycles. The van der Waals surface area contributed by atoms with Crippen molar-refractivity contribution in [3.8, 4) is 0 Å². The quantitative estimate of drug-likeness (QED) is 0.848. The van der Waals surface area contributed by atoms with E-state index in [1.165, 1.54) is 36.5 Å². The van der Waals surface area contributed by atoms with E-state index in [1.807, 2.05) is 23.5 Å². The van der Waals surface area contributed by atoms with E-state index in [9.17, 15) is 0 Å². The summed E-state index contributed by atoms with van der Waals surface area (Å²) in [4.78, 5) is 11.9. The molecule has 1 saturated carbocycles. The smallest absolute Gasteiger partial charge is 0.168 e. The van der Waals surface area contributed by atoms with Gasteiger partial charge in [0.1, 0.15) is 0 Å². The monoisotopic (exact) mass is 294 g/mol. The second-order valence-corrected chi connectivity index (χ2v) is 7.13. The summed E-state index contributed by atoms with van der Waals surface area (Å²) in [6, 6.07) is 1.20. The lowest BCUT2D eigenvalue weighted by Crippen LogP contribution is -2.39. The average Bonchev–Trinajstić information content (AvgIpc) is 3.13. The Labute approximate surface area is 122 Å². The molecule has 4 rings (SSSR count). The molecular formula is C13H18N4S2. The molecule has 0 aromatic carbocycles. The van der Waals surface area contributed by atoms with E-state index in [2.05, 4.69) is 20.6 Å². The van der Waals surface area contributed by atoms with Crippen molar-refractivity contribution in [3.63, 3.8) is 0 Å². The first-order valence-electron chi connectivity index (χ1n) is 7.06. The fraction of sp³-hybridized carbons (Fsp3) is 0.692. The maximum atomic E-state index is 4.90. The first-order valence-corrected chi connectivity index (χ1v) is 8.92. The van der Waals surface area contributed by atoms with Gasteiger partial charge < -0.3 is 10.2 Å². The summed E-state index contributed by atoms with van der Waals surface area (Å²) < 4.78 is 0. The summed E-state index contributed by atoms with van der Waals surface area (Å²) in [5, 5.41) is 7.96. The molecule has 1 fully saturated rings. The summed E-state index contributed by atoms with van der Waals surface area (Å²) in [6.07, 6.45) is 5.30. The van der Waals surface area contributed by atoms with Crippen molar-refractivity contribution in [2.45, 2.75) is 37.8 Å². The van der Waals surface area contributed by atoms with Crippen LogP contribution in [0, 0.1) is 0 Å². The highest BCUT2D eigenvalue weighted by atomic mass is 32.2. The maximum absolute atomic E-state index is 4.90. The minimum absolute atomic E-state index is 0.562. The van der Waals surface area contributed by atoms with Crippen LogP contribution in [0.5, 0.6) is 0 Å². The largest absolute Gasteiger partial charge is 0.363 e. The van der Waals surface area contributed by atoms with Crippen LogP contribution in [0.2, 0.25) is 0 Å². The Morgan fingerprint density at radius 1 is 1.42 bits per heavy atom. The summed E-state index contributed by atoms with van der Waals surface area (Å²) in [5.41, 5.74) is 1.43. The molecule has 3 heterocycles. The fourth-order valence-electron chi connectivity index (χ4n) is 3.21. The van der Waals surface area contributed by atoms with Gasteiger partial charge in [-0.15, -0.1) is 0 Å². The van der Waals surface area contributed by atoms with E-state index in [4.69, 9.17) is 4.99 Å². The Balaban J connectivity index is 1.44. The number of nitrogens with one attached hydrogen (secondary N) is 1. The van der Waals surface area contributed by atoms with Gasteiger partial charge in [-0.2, -0.15) is 0 Å². The molecule has 2 atom stereocenters. The third kappa shape index (κ3) is 2.18. The van der Waals surface area contributed by atoms with Crippen LogP contribution >= 0.6 is 23.5 Å². The molecule has 0 aromatic rings. The summed E-state index contributed by atoms with van der Waals surface area (Å²) in [7, 11) is 0. The topological polar surface area (TPSA) is 40.0 Å². The number of amidine groups is 2. The van der Waals surface area contributed by atoms with Gasteiger partial charge in [0.25, 0.3) is 0 Å². The molecule has 4 nitrogen and oxygen atoms in total. The van der Waals surface area contributed by atoms with Gasteiger partial charge in [-0.1, -0.05) is 36.4 Å². The van der Waals surface area contributed by atoms with E-state index in [0.717, 1.165) is 24.0 Å². The lowest BCUT2D eigenvalue weighted by Gasteiger charge is -2.31. The Morgan fingerprint density at radius 3 is 3.26 bits per heavy atom. The van der Waals surface area contributed by atoms with Gasteiger partial charge in [0.15, 0.2) is 10.3 Å². The predicted octanol–water partition coefficient (Wildman–Crippen LogP) is 2.25. The van der Waals surface area contributed by atoms with Crippen molar-refractivity contribution < 1.29 is 0 Å². The van der Waals surface area contributed by atoms with E-state index in [0.29, 0.717) is 12.1 Å². The normalized spacial score (nSPS) is 32.4. The Hall–Kier alpha value is -0.620. The molecule has 0 radical (unpaired) electrons. The van der Waals surface area contributed by atoms with Gasteiger partial charge in [-0.25, -0.2) is 0 Å². The van der Waals surface area contributed by atoms with E-state index in [-0.39, 0.29) is 0 Å². The molecule has 102 valence electrons. The number of hydrogen-bond donors (Lipinski definition) is 1. The first kappa shape index (κ1) is 12.1. The molecule has 1 N–H and O–H groups in total. The molecule has 6 heteroatoms. The highest BCUT2D eigenvalue weighted by molar-refractivity contribution is 8.17. The molecule has 4 aliphatic rings. The van der Waals surface area contributed by atoms with Crippen LogP contribution in [0.25, 0.3) is 0 Å². The van der Waals surface area contributed by atoms with Gasteiger partial charge in [-0.3, -0.25) is 9.98 Å². The molecule has 0 bridgehead atoms. The van der Waals surface area contributed by atoms with Crippen molar-refractivity contribution in [2.24, 2.45) is 9.98 Å². The van der Waals surface area contributed by atoms with Crippen LogP contribution in [0.1, 0.15) is 25.7 Å². The molecule has 0 spiro atoms. The summed E-state index contributed by atoms with van der Waals surface area (Å²) in [5.74, 6) is 1.01. The van der Waals surface area contributed by atoms with E-state index in [1.54, 1.807) is 0 Å². The van der Waals surface area contributed by atoms with E-state index < -0.39 is 0 Å². The fourth-order valence-corrected chi connectivity index (χ4v) is 5.21. The third-order valence-electron chi connectivity index (χ3n) is 4.12. The number of aliphatic imine (C=N–C) groups is 2. The summed E-state index contributed by atoms with van der Waals surface area (Å²) in [6.45, 7) is 1.93. The Bertz CT molecular complexity index is 471. The van der Waals surface area contributed by atoms with E-state index >= 15 is 0 Å².